The molecule has 0 unspecified atom stereocenters. The van der Waals surface area contributed by atoms with Gasteiger partial charge in [0.15, 0.2) is 0 Å². The molecular weight excluding hydrogens is 386 g/mol. The zero-order chi connectivity index (χ0) is 21.6. The lowest BCUT2D eigenvalue weighted by Crippen LogP contribution is -2.41. The number of hydrogen-bond acceptors (Lipinski definition) is 5. The molecule has 29 heavy (non-hydrogen) atoms. The number of ether oxygens (including phenoxy) is 2. The fourth-order valence-electron chi connectivity index (χ4n) is 2.99. The zero-order valence-electron chi connectivity index (χ0n) is 18.4. The standard InChI is InChI=1S/C21H33N3O4Si/c1-22(23(2)21(26)28-13-14-29(4,5)6)16-18-15-17-9-7-8-10-19(17)24(18)12-11-20(25)27-3/h7-10,15H,11-14,16H2,1-6H3. The Kier molecular flexibility index (Phi) is 7.86. The highest BCUT2D eigenvalue weighted by Gasteiger charge is 2.20. The van der Waals surface area contributed by atoms with Gasteiger partial charge in [0.2, 0.25) is 0 Å². The molecule has 0 aliphatic rings. The van der Waals surface area contributed by atoms with Gasteiger partial charge >= 0.3 is 12.1 Å². The van der Waals surface area contributed by atoms with Crippen LogP contribution in [-0.4, -0.2) is 62.5 Å². The van der Waals surface area contributed by atoms with Crippen LogP contribution in [0.5, 0.6) is 0 Å². The molecule has 1 aromatic heterocycles. The highest BCUT2D eigenvalue weighted by atomic mass is 28.3. The van der Waals surface area contributed by atoms with Gasteiger partial charge in [-0.1, -0.05) is 37.8 Å². The summed E-state index contributed by atoms with van der Waals surface area (Å²) >= 11 is 0. The number of esters is 1. The molecule has 0 aliphatic heterocycles. The van der Waals surface area contributed by atoms with Crippen molar-refractivity contribution in [2.24, 2.45) is 0 Å². The smallest absolute Gasteiger partial charge is 0.424 e. The van der Waals surface area contributed by atoms with Crippen LogP contribution in [0, 0.1) is 0 Å². The maximum atomic E-state index is 12.4. The molecule has 0 saturated carbocycles. The van der Waals surface area contributed by atoms with E-state index in [1.807, 2.05) is 36.3 Å². The van der Waals surface area contributed by atoms with E-state index < -0.39 is 8.07 Å². The van der Waals surface area contributed by atoms with Crippen molar-refractivity contribution in [3.63, 3.8) is 0 Å². The summed E-state index contributed by atoms with van der Waals surface area (Å²) in [6.07, 6.45) is -0.0662. The van der Waals surface area contributed by atoms with Gasteiger partial charge in [0.05, 0.1) is 26.7 Å². The molecule has 2 aromatic rings. The summed E-state index contributed by atoms with van der Waals surface area (Å²) in [5.41, 5.74) is 2.07. The molecule has 1 heterocycles. The Bertz CT molecular complexity index is 844. The highest BCUT2D eigenvalue weighted by Crippen LogP contribution is 2.22. The molecule has 0 radical (unpaired) electrons. The molecule has 0 N–H and O–H groups in total. The summed E-state index contributed by atoms with van der Waals surface area (Å²) in [6, 6.07) is 11.1. The van der Waals surface area contributed by atoms with Gasteiger partial charge in [-0.3, -0.25) is 4.79 Å². The normalized spacial score (nSPS) is 11.7. The average Bonchev–Trinajstić information content (AvgIpc) is 3.01. The molecule has 8 heteroatoms. The van der Waals surface area contributed by atoms with Crippen LogP contribution in [0.2, 0.25) is 25.7 Å². The zero-order valence-corrected chi connectivity index (χ0v) is 19.4. The minimum Gasteiger partial charge on any atom is -0.469 e. The lowest BCUT2D eigenvalue weighted by molar-refractivity contribution is -0.140. The van der Waals surface area contributed by atoms with E-state index in [9.17, 15) is 9.59 Å². The number of carbonyl (C=O) groups is 2. The summed E-state index contributed by atoms with van der Waals surface area (Å²) in [5.74, 6) is -0.245. The van der Waals surface area contributed by atoms with Gasteiger partial charge < -0.3 is 14.0 Å². The molecule has 1 amide bonds. The number of methoxy groups -OCH3 is 1. The summed E-state index contributed by atoms with van der Waals surface area (Å²) in [4.78, 5) is 24.0. The van der Waals surface area contributed by atoms with Crippen LogP contribution in [0.4, 0.5) is 4.79 Å². The van der Waals surface area contributed by atoms with Crippen molar-refractivity contribution in [3.8, 4) is 0 Å². The first kappa shape index (κ1) is 23.0. The number of aryl methyl sites for hydroxylation is 1. The van der Waals surface area contributed by atoms with Crippen LogP contribution in [0.15, 0.2) is 30.3 Å². The fourth-order valence-corrected chi connectivity index (χ4v) is 3.70. The molecule has 7 nitrogen and oxygen atoms in total. The van der Waals surface area contributed by atoms with Crippen molar-refractivity contribution >= 4 is 31.0 Å². The number of aromatic nitrogens is 1. The quantitative estimate of drug-likeness (QED) is 0.350. The Labute approximate surface area is 174 Å². The largest absolute Gasteiger partial charge is 0.469 e. The van der Waals surface area contributed by atoms with Crippen LogP contribution < -0.4 is 0 Å². The Morgan fingerprint density at radius 2 is 1.83 bits per heavy atom. The van der Waals surface area contributed by atoms with Crippen molar-refractivity contribution in [3.05, 3.63) is 36.0 Å². The monoisotopic (exact) mass is 419 g/mol. The molecular formula is C21H33N3O4Si. The summed E-state index contributed by atoms with van der Waals surface area (Å²) in [5, 5.41) is 4.41. The first-order valence-electron chi connectivity index (χ1n) is 9.88. The summed E-state index contributed by atoms with van der Waals surface area (Å²) in [7, 11) is 3.71. The fraction of sp³-hybridized carbons (Fsp3) is 0.524. The number of fused-ring (bicyclic) bond motifs is 1. The summed E-state index contributed by atoms with van der Waals surface area (Å²) in [6.45, 7) is 8.24. The number of para-hydroxylation sites is 1. The van der Waals surface area contributed by atoms with E-state index in [4.69, 9.17) is 9.47 Å². The van der Waals surface area contributed by atoms with Crippen LogP contribution in [0.3, 0.4) is 0 Å². The topological polar surface area (TPSA) is 64.0 Å². The third kappa shape index (κ3) is 6.61. The average molecular weight is 420 g/mol. The molecule has 2 rings (SSSR count). The van der Waals surface area contributed by atoms with Crippen LogP contribution in [-0.2, 0) is 27.4 Å². The van der Waals surface area contributed by atoms with Gasteiger partial charge in [0, 0.05) is 39.9 Å². The van der Waals surface area contributed by atoms with Crippen molar-refractivity contribution < 1.29 is 19.1 Å². The minimum absolute atomic E-state index is 0.245. The third-order valence-electron chi connectivity index (χ3n) is 4.91. The van der Waals surface area contributed by atoms with E-state index in [0.717, 1.165) is 22.6 Å². The molecule has 0 saturated heterocycles. The van der Waals surface area contributed by atoms with E-state index in [2.05, 4.69) is 30.3 Å². The Morgan fingerprint density at radius 3 is 2.48 bits per heavy atom. The first-order chi connectivity index (χ1) is 13.6. The van der Waals surface area contributed by atoms with Crippen molar-refractivity contribution in [1.29, 1.82) is 0 Å². The van der Waals surface area contributed by atoms with Crippen LogP contribution in [0.25, 0.3) is 10.9 Å². The van der Waals surface area contributed by atoms with E-state index in [1.165, 1.54) is 12.1 Å². The number of hydrogen-bond donors (Lipinski definition) is 0. The van der Waals surface area contributed by atoms with E-state index in [-0.39, 0.29) is 12.1 Å². The molecule has 0 fully saturated rings. The van der Waals surface area contributed by atoms with E-state index >= 15 is 0 Å². The predicted octanol–water partition coefficient (Wildman–Crippen LogP) is 3.96. The minimum atomic E-state index is -1.25. The molecule has 0 aliphatic carbocycles. The number of hydrazine groups is 1. The van der Waals surface area contributed by atoms with Gasteiger partial charge in [0.1, 0.15) is 0 Å². The van der Waals surface area contributed by atoms with Crippen molar-refractivity contribution in [1.82, 2.24) is 14.6 Å². The predicted molar refractivity (Wildman–Crippen MR) is 117 cm³/mol. The van der Waals surface area contributed by atoms with Crippen molar-refractivity contribution in [2.75, 3.05) is 27.8 Å². The molecule has 0 spiro atoms. The highest BCUT2D eigenvalue weighted by molar-refractivity contribution is 6.76. The van der Waals surface area contributed by atoms with Gasteiger partial charge in [-0.2, -0.15) is 0 Å². The number of nitrogens with zero attached hydrogens (tertiary/aromatic N) is 3. The maximum absolute atomic E-state index is 12.4. The second kappa shape index (κ2) is 9.93. The Morgan fingerprint density at radius 1 is 1.14 bits per heavy atom. The Hall–Kier alpha value is -2.32. The molecule has 0 bridgehead atoms. The number of benzene rings is 1. The first-order valence-corrected chi connectivity index (χ1v) is 13.6. The number of amides is 1. The second-order valence-electron chi connectivity index (χ2n) is 8.44. The van der Waals surface area contributed by atoms with Crippen LogP contribution >= 0.6 is 0 Å². The molecule has 0 atom stereocenters. The lowest BCUT2D eigenvalue weighted by Gasteiger charge is -2.28. The van der Waals surface area contributed by atoms with Gasteiger partial charge in [-0.05, 0) is 23.6 Å². The van der Waals surface area contributed by atoms with Gasteiger partial charge in [0.25, 0.3) is 0 Å². The third-order valence-corrected chi connectivity index (χ3v) is 6.61. The molecule has 1 aromatic carbocycles. The summed E-state index contributed by atoms with van der Waals surface area (Å²) < 4.78 is 12.3. The SMILES string of the molecule is COC(=O)CCn1c(CN(C)N(C)C(=O)OCC[Si](C)(C)C)cc2ccccc21. The van der Waals surface area contributed by atoms with Gasteiger partial charge in [-0.25, -0.2) is 14.8 Å². The Balaban J connectivity index is 2.09. The number of rotatable bonds is 9. The van der Waals surface area contributed by atoms with Gasteiger partial charge in [-0.15, -0.1) is 0 Å². The molecule has 160 valence electrons. The second-order valence-corrected chi connectivity index (χ2v) is 14.1. The van der Waals surface area contributed by atoms with Crippen molar-refractivity contribution in [2.45, 2.75) is 45.2 Å². The maximum Gasteiger partial charge on any atom is 0.424 e. The number of carbonyl (C=O) groups excluding carboxylic acids is 2. The van der Waals surface area contributed by atoms with E-state index in [0.29, 0.717) is 26.1 Å². The lowest BCUT2D eigenvalue weighted by atomic mass is 10.2. The van der Waals surface area contributed by atoms with E-state index in [1.54, 1.807) is 7.05 Å². The van der Waals surface area contributed by atoms with Crippen LogP contribution in [0.1, 0.15) is 12.1 Å².